The van der Waals surface area contributed by atoms with Gasteiger partial charge in [-0.15, -0.1) is 11.8 Å². The highest BCUT2D eigenvalue weighted by Crippen LogP contribution is 2.37. The SMILES string of the molecule is CCN(Cc1ccc(OC)cc1)C(=O)C1Cc2ccccc2S1. The van der Waals surface area contributed by atoms with Crippen LogP contribution in [0.25, 0.3) is 0 Å². The first kappa shape index (κ1) is 15.9. The highest BCUT2D eigenvalue weighted by atomic mass is 32.2. The molecule has 0 saturated heterocycles. The number of hydrogen-bond acceptors (Lipinski definition) is 3. The molecular weight excluding hydrogens is 306 g/mol. The molecule has 1 heterocycles. The monoisotopic (exact) mass is 327 g/mol. The second-order valence-corrected chi connectivity index (χ2v) is 6.86. The van der Waals surface area contributed by atoms with Crippen LogP contribution in [0.15, 0.2) is 53.4 Å². The Morgan fingerprint density at radius 2 is 1.96 bits per heavy atom. The van der Waals surface area contributed by atoms with Gasteiger partial charge in [-0.3, -0.25) is 4.79 Å². The molecule has 1 atom stereocenters. The molecule has 120 valence electrons. The van der Waals surface area contributed by atoms with Crippen LogP contribution in [0.2, 0.25) is 0 Å². The first-order chi connectivity index (χ1) is 11.2. The summed E-state index contributed by atoms with van der Waals surface area (Å²) < 4.78 is 5.18. The fourth-order valence-corrected chi connectivity index (χ4v) is 4.10. The van der Waals surface area contributed by atoms with Gasteiger partial charge in [0, 0.05) is 18.0 Å². The van der Waals surface area contributed by atoms with Crippen molar-refractivity contribution in [2.24, 2.45) is 0 Å². The van der Waals surface area contributed by atoms with Gasteiger partial charge in [-0.1, -0.05) is 30.3 Å². The molecule has 2 aromatic carbocycles. The van der Waals surface area contributed by atoms with E-state index in [0.29, 0.717) is 6.54 Å². The molecule has 23 heavy (non-hydrogen) atoms. The highest BCUT2D eigenvalue weighted by molar-refractivity contribution is 8.01. The number of carbonyl (C=O) groups excluding carboxylic acids is 1. The van der Waals surface area contributed by atoms with Gasteiger partial charge in [0.15, 0.2) is 0 Å². The summed E-state index contributed by atoms with van der Waals surface area (Å²) in [5, 5.41) is 0.00518. The maximum absolute atomic E-state index is 12.9. The third kappa shape index (κ3) is 3.53. The summed E-state index contributed by atoms with van der Waals surface area (Å²) in [4.78, 5) is 16.0. The standard InChI is InChI=1S/C19H21NO2S/c1-3-20(13-14-8-10-16(22-2)11-9-14)19(21)18-12-15-6-4-5-7-17(15)23-18/h4-11,18H,3,12-13H2,1-2H3. The number of nitrogens with zero attached hydrogens (tertiary/aromatic N) is 1. The zero-order valence-corrected chi connectivity index (χ0v) is 14.3. The molecule has 1 aliphatic heterocycles. The normalized spacial score (nSPS) is 16.0. The summed E-state index contributed by atoms with van der Waals surface area (Å²) in [7, 11) is 1.66. The maximum Gasteiger partial charge on any atom is 0.236 e. The molecule has 3 nitrogen and oxygen atoms in total. The Balaban J connectivity index is 1.67. The van der Waals surface area contributed by atoms with E-state index in [1.165, 1.54) is 10.5 Å². The topological polar surface area (TPSA) is 29.5 Å². The number of rotatable bonds is 5. The number of fused-ring (bicyclic) bond motifs is 1. The van der Waals surface area contributed by atoms with Gasteiger partial charge in [-0.05, 0) is 42.7 Å². The van der Waals surface area contributed by atoms with Gasteiger partial charge in [0.25, 0.3) is 0 Å². The Morgan fingerprint density at radius 3 is 2.61 bits per heavy atom. The van der Waals surface area contributed by atoms with E-state index in [4.69, 9.17) is 4.74 Å². The zero-order chi connectivity index (χ0) is 16.2. The van der Waals surface area contributed by atoms with Gasteiger partial charge in [0.2, 0.25) is 5.91 Å². The number of amides is 1. The molecule has 2 aromatic rings. The van der Waals surface area contributed by atoms with Crippen molar-refractivity contribution in [1.29, 1.82) is 0 Å². The molecule has 0 radical (unpaired) electrons. The lowest BCUT2D eigenvalue weighted by Gasteiger charge is -2.24. The van der Waals surface area contributed by atoms with Crippen molar-refractivity contribution in [3.8, 4) is 5.75 Å². The largest absolute Gasteiger partial charge is 0.497 e. The van der Waals surface area contributed by atoms with Crippen molar-refractivity contribution in [3.63, 3.8) is 0 Å². The van der Waals surface area contributed by atoms with Crippen molar-refractivity contribution >= 4 is 17.7 Å². The summed E-state index contributed by atoms with van der Waals surface area (Å²) in [6.45, 7) is 3.40. The molecule has 4 heteroatoms. The Kier molecular flexibility index (Phi) is 4.91. The third-order valence-corrected chi connectivity index (χ3v) is 5.45. The quantitative estimate of drug-likeness (QED) is 0.837. The minimum absolute atomic E-state index is 0.00518. The van der Waals surface area contributed by atoms with Gasteiger partial charge >= 0.3 is 0 Å². The molecule has 0 N–H and O–H groups in total. The first-order valence-corrected chi connectivity index (χ1v) is 8.75. The summed E-state index contributed by atoms with van der Waals surface area (Å²) in [6.07, 6.45) is 0.832. The second-order valence-electron chi connectivity index (χ2n) is 5.62. The Morgan fingerprint density at radius 1 is 1.22 bits per heavy atom. The van der Waals surface area contributed by atoms with Gasteiger partial charge in [0.05, 0.1) is 12.4 Å². The van der Waals surface area contributed by atoms with E-state index in [1.807, 2.05) is 48.2 Å². The smallest absolute Gasteiger partial charge is 0.236 e. The van der Waals surface area contributed by atoms with Gasteiger partial charge < -0.3 is 9.64 Å². The van der Waals surface area contributed by atoms with Crippen LogP contribution in [-0.2, 0) is 17.8 Å². The fraction of sp³-hybridized carbons (Fsp3) is 0.316. The lowest BCUT2D eigenvalue weighted by Crippen LogP contribution is -2.37. The minimum Gasteiger partial charge on any atom is -0.497 e. The van der Waals surface area contributed by atoms with Crippen LogP contribution in [0, 0.1) is 0 Å². The van der Waals surface area contributed by atoms with Crippen molar-refractivity contribution in [2.45, 2.75) is 30.0 Å². The van der Waals surface area contributed by atoms with Crippen molar-refractivity contribution in [2.75, 3.05) is 13.7 Å². The van der Waals surface area contributed by atoms with Crippen molar-refractivity contribution < 1.29 is 9.53 Å². The average Bonchev–Trinajstić information content (AvgIpc) is 3.03. The summed E-state index contributed by atoms with van der Waals surface area (Å²) in [5.74, 6) is 1.06. The lowest BCUT2D eigenvalue weighted by atomic mass is 10.1. The summed E-state index contributed by atoms with van der Waals surface area (Å²) >= 11 is 1.69. The van der Waals surface area contributed by atoms with Gasteiger partial charge in [-0.25, -0.2) is 0 Å². The number of methoxy groups -OCH3 is 1. The number of benzene rings is 2. The number of carbonyl (C=O) groups is 1. The van der Waals surface area contributed by atoms with E-state index < -0.39 is 0 Å². The van der Waals surface area contributed by atoms with E-state index in [2.05, 4.69) is 12.1 Å². The second kappa shape index (κ2) is 7.09. The van der Waals surface area contributed by atoms with Gasteiger partial charge in [-0.2, -0.15) is 0 Å². The van der Waals surface area contributed by atoms with Crippen LogP contribution in [0.4, 0.5) is 0 Å². The third-order valence-electron chi connectivity index (χ3n) is 4.15. The predicted molar refractivity (Wildman–Crippen MR) is 93.9 cm³/mol. The van der Waals surface area contributed by atoms with Crippen molar-refractivity contribution in [1.82, 2.24) is 4.90 Å². The predicted octanol–water partition coefficient (Wildman–Crippen LogP) is 3.76. The van der Waals surface area contributed by atoms with Gasteiger partial charge in [0.1, 0.15) is 5.75 Å². The maximum atomic E-state index is 12.9. The van der Waals surface area contributed by atoms with Crippen LogP contribution in [-0.4, -0.2) is 29.7 Å². The Hall–Kier alpha value is -1.94. The molecule has 0 fully saturated rings. The molecule has 0 spiro atoms. The first-order valence-electron chi connectivity index (χ1n) is 7.87. The molecule has 0 aliphatic carbocycles. The highest BCUT2D eigenvalue weighted by Gasteiger charge is 2.30. The van der Waals surface area contributed by atoms with E-state index in [9.17, 15) is 4.79 Å². The molecule has 0 aromatic heterocycles. The molecule has 0 saturated carbocycles. The Bertz CT molecular complexity index is 659. The van der Waals surface area contributed by atoms with Crippen LogP contribution in [0.5, 0.6) is 5.75 Å². The van der Waals surface area contributed by atoms with Crippen molar-refractivity contribution in [3.05, 3.63) is 59.7 Å². The number of thioether (sulfide) groups is 1. The van der Waals surface area contributed by atoms with Crippen LogP contribution < -0.4 is 4.74 Å². The molecule has 1 amide bonds. The fourth-order valence-electron chi connectivity index (χ4n) is 2.82. The van der Waals surface area contributed by atoms with E-state index in [1.54, 1.807) is 18.9 Å². The van der Waals surface area contributed by atoms with E-state index in [-0.39, 0.29) is 11.2 Å². The number of hydrogen-bond donors (Lipinski definition) is 0. The lowest BCUT2D eigenvalue weighted by molar-refractivity contribution is -0.130. The minimum atomic E-state index is 0.00518. The molecule has 1 unspecified atom stereocenters. The summed E-state index contributed by atoms with van der Waals surface area (Å²) in [6, 6.07) is 16.2. The number of ether oxygens (including phenoxy) is 1. The van der Waals surface area contributed by atoms with Crippen LogP contribution in [0.3, 0.4) is 0 Å². The zero-order valence-electron chi connectivity index (χ0n) is 13.5. The van der Waals surface area contributed by atoms with E-state index in [0.717, 1.165) is 24.3 Å². The molecular formula is C19H21NO2S. The van der Waals surface area contributed by atoms with E-state index >= 15 is 0 Å². The van der Waals surface area contributed by atoms with Crippen LogP contribution >= 0.6 is 11.8 Å². The average molecular weight is 327 g/mol. The molecule has 0 bridgehead atoms. The summed E-state index contributed by atoms with van der Waals surface area (Å²) in [5.41, 5.74) is 2.41. The Labute approximate surface area is 141 Å². The van der Waals surface area contributed by atoms with Crippen LogP contribution in [0.1, 0.15) is 18.1 Å². The molecule has 1 aliphatic rings. The molecule has 3 rings (SSSR count).